The molecule has 3 atom stereocenters. The molecule has 2 aliphatic rings. The van der Waals surface area contributed by atoms with Gasteiger partial charge in [0.2, 0.25) is 0 Å². The highest BCUT2D eigenvalue weighted by molar-refractivity contribution is 7.12. The zero-order chi connectivity index (χ0) is 19.1. The van der Waals surface area contributed by atoms with E-state index in [0.29, 0.717) is 22.4 Å². The number of rotatable bonds is 5. The van der Waals surface area contributed by atoms with Crippen LogP contribution in [-0.2, 0) is 0 Å². The van der Waals surface area contributed by atoms with Crippen molar-refractivity contribution in [2.75, 3.05) is 26.2 Å². The minimum absolute atomic E-state index is 0.0591. The zero-order valence-corrected chi connectivity index (χ0v) is 17.2. The Labute approximate surface area is 174 Å². The van der Waals surface area contributed by atoms with Crippen molar-refractivity contribution in [1.29, 1.82) is 0 Å². The van der Waals surface area contributed by atoms with Crippen LogP contribution >= 0.6 is 22.9 Å². The van der Waals surface area contributed by atoms with Crippen LogP contribution in [0.15, 0.2) is 53.9 Å². The van der Waals surface area contributed by atoms with Crippen LogP contribution in [0.25, 0.3) is 10.8 Å². The number of halogens is 1. The lowest BCUT2D eigenvalue weighted by Gasteiger charge is -2.40. The summed E-state index contributed by atoms with van der Waals surface area (Å²) in [6.45, 7) is 3.88. The average molecular weight is 411 g/mol. The van der Waals surface area contributed by atoms with E-state index in [1.807, 2.05) is 5.38 Å². The summed E-state index contributed by atoms with van der Waals surface area (Å²) in [4.78, 5) is 15.3. The first kappa shape index (κ1) is 18.2. The fourth-order valence-electron chi connectivity index (χ4n) is 4.87. The molecular weight excluding hydrogens is 388 g/mol. The zero-order valence-electron chi connectivity index (χ0n) is 15.6. The number of benzene rings is 2. The highest BCUT2D eigenvalue weighted by Gasteiger charge is 2.47. The third-order valence-corrected chi connectivity index (χ3v) is 7.72. The lowest BCUT2D eigenvalue weighted by atomic mass is 9.64. The first-order valence-corrected chi connectivity index (χ1v) is 11.2. The van der Waals surface area contributed by atoms with Crippen LogP contribution in [-0.4, -0.2) is 37.0 Å². The second kappa shape index (κ2) is 7.51. The molecule has 1 saturated carbocycles. The van der Waals surface area contributed by atoms with E-state index in [2.05, 4.69) is 52.7 Å². The normalized spacial score (nSPS) is 24.1. The molecular formula is C23H23ClN2OS. The Morgan fingerprint density at radius 2 is 2.00 bits per heavy atom. The Balaban J connectivity index is 1.16. The maximum absolute atomic E-state index is 12.2. The van der Waals surface area contributed by atoms with Crippen molar-refractivity contribution in [3.63, 3.8) is 0 Å². The summed E-state index contributed by atoms with van der Waals surface area (Å²) in [7, 11) is 0. The molecule has 2 fully saturated rings. The van der Waals surface area contributed by atoms with Gasteiger partial charge in [0.15, 0.2) is 0 Å². The number of likely N-dealkylation sites (tertiary alicyclic amines) is 1. The van der Waals surface area contributed by atoms with Gasteiger partial charge in [0, 0.05) is 26.2 Å². The molecule has 1 N–H and O–H groups in total. The molecule has 2 aromatic carbocycles. The fourth-order valence-corrected chi connectivity index (χ4v) is 5.92. The van der Waals surface area contributed by atoms with Gasteiger partial charge in [-0.05, 0) is 52.0 Å². The molecule has 3 nitrogen and oxygen atoms in total. The van der Waals surface area contributed by atoms with E-state index >= 15 is 0 Å². The van der Waals surface area contributed by atoms with Crippen molar-refractivity contribution < 1.29 is 4.79 Å². The van der Waals surface area contributed by atoms with E-state index < -0.39 is 0 Å². The molecule has 1 amide bonds. The molecule has 0 spiro atoms. The van der Waals surface area contributed by atoms with Gasteiger partial charge in [-0.1, -0.05) is 54.1 Å². The van der Waals surface area contributed by atoms with Crippen LogP contribution in [0, 0.1) is 11.8 Å². The molecule has 1 aromatic heterocycles. The van der Waals surface area contributed by atoms with Crippen molar-refractivity contribution in [2.24, 2.45) is 11.8 Å². The number of carbonyl (C=O) groups excluding carboxylic acids is 1. The van der Waals surface area contributed by atoms with Gasteiger partial charge in [0.05, 0.1) is 5.02 Å². The average Bonchev–Trinajstić information content (AvgIpc) is 3.26. The van der Waals surface area contributed by atoms with Crippen LogP contribution in [0.3, 0.4) is 0 Å². The molecule has 0 bridgehead atoms. The maximum atomic E-state index is 12.2. The Morgan fingerprint density at radius 3 is 2.82 bits per heavy atom. The SMILES string of the molecule is O=C(NCCN1CC2CC(c3ccc4ccccc4c3)C2C1)c1sccc1Cl. The summed E-state index contributed by atoms with van der Waals surface area (Å²) in [5.74, 6) is 2.18. The molecule has 1 saturated heterocycles. The Morgan fingerprint density at radius 1 is 1.14 bits per heavy atom. The number of carbonyl (C=O) groups is 1. The van der Waals surface area contributed by atoms with Gasteiger partial charge < -0.3 is 10.2 Å². The van der Waals surface area contributed by atoms with E-state index in [-0.39, 0.29) is 5.91 Å². The van der Waals surface area contributed by atoms with E-state index in [9.17, 15) is 4.79 Å². The Hall–Kier alpha value is -1.88. The van der Waals surface area contributed by atoms with Gasteiger partial charge in [-0.2, -0.15) is 0 Å². The molecule has 3 aromatic rings. The standard InChI is InChI=1S/C23H23ClN2OS/c24-21-7-10-28-22(21)23(27)25-8-9-26-13-18-12-19(20(18)14-26)17-6-5-15-3-1-2-4-16(15)11-17/h1-7,10-11,18-20H,8-9,12-14H2,(H,25,27). The van der Waals surface area contributed by atoms with Crippen molar-refractivity contribution in [3.8, 4) is 0 Å². The van der Waals surface area contributed by atoms with Gasteiger partial charge in [-0.25, -0.2) is 0 Å². The number of thiophene rings is 1. The van der Waals surface area contributed by atoms with Gasteiger partial charge in [-0.15, -0.1) is 11.3 Å². The van der Waals surface area contributed by atoms with Crippen LogP contribution < -0.4 is 5.32 Å². The number of amides is 1. The molecule has 1 aliphatic heterocycles. The van der Waals surface area contributed by atoms with Gasteiger partial charge in [-0.3, -0.25) is 4.79 Å². The predicted molar refractivity (Wildman–Crippen MR) is 116 cm³/mol. The molecule has 5 rings (SSSR count). The van der Waals surface area contributed by atoms with E-state index in [1.165, 1.54) is 34.1 Å². The van der Waals surface area contributed by atoms with Crippen LogP contribution in [0.4, 0.5) is 0 Å². The third-order valence-electron chi connectivity index (χ3n) is 6.38. The first-order valence-electron chi connectivity index (χ1n) is 9.91. The molecule has 2 heterocycles. The highest BCUT2D eigenvalue weighted by Crippen LogP contribution is 2.51. The summed E-state index contributed by atoms with van der Waals surface area (Å²) >= 11 is 7.43. The second-order valence-electron chi connectivity index (χ2n) is 7.99. The summed E-state index contributed by atoms with van der Waals surface area (Å²) in [5.41, 5.74) is 1.49. The molecule has 144 valence electrons. The summed E-state index contributed by atoms with van der Waals surface area (Å²) in [5, 5.41) is 8.06. The van der Waals surface area contributed by atoms with E-state index in [1.54, 1.807) is 6.07 Å². The second-order valence-corrected chi connectivity index (χ2v) is 9.31. The number of nitrogens with one attached hydrogen (secondary N) is 1. The lowest BCUT2D eigenvalue weighted by molar-refractivity contribution is 0.0954. The van der Waals surface area contributed by atoms with Crippen molar-refractivity contribution in [3.05, 3.63) is 69.4 Å². The highest BCUT2D eigenvalue weighted by atomic mass is 35.5. The monoisotopic (exact) mass is 410 g/mol. The molecule has 3 unspecified atom stereocenters. The number of hydrogen-bond acceptors (Lipinski definition) is 3. The van der Waals surface area contributed by atoms with Gasteiger partial charge in [0.25, 0.3) is 5.91 Å². The number of hydrogen-bond donors (Lipinski definition) is 1. The molecule has 5 heteroatoms. The molecule has 1 aliphatic carbocycles. The van der Waals surface area contributed by atoms with Crippen LogP contribution in [0.1, 0.15) is 27.6 Å². The van der Waals surface area contributed by atoms with Crippen LogP contribution in [0.5, 0.6) is 0 Å². The summed E-state index contributed by atoms with van der Waals surface area (Å²) < 4.78 is 0. The van der Waals surface area contributed by atoms with E-state index in [4.69, 9.17) is 11.6 Å². The largest absolute Gasteiger partial charge is 0.350 e. The van der Waals surface area contributed by atoms with Crippen LogP contribution in [0.2, 0.25) is 5.02 Å². The first-order chi connectivity index (χ1) is 13.7. The van der Waals surface area contributed by atoms with Gasteiger partial charge >= 0.3 is 0 Å². The maximum Gasteiger partial charge on any atom is 0.262 e. The molecule has 28 heavy (non-hydrogen) atoms. The van der Waals surface area contributed by atoms with Crippen molar-refractivity contribution >= 4 is 39.6 Å². The molecule has 0 radical (unpaired) electrons. The lowest BCUT2D eigenvalue weighted by Crippen LogP contribution is -2.34. The smallest absolute Gasteiger partial charge is 0.262 e. The summed E-state index contributed by atoms with van der Waals surface area (Å²) in [6.07, 6.45) is 1.29. The topological polar surface area (TPSA) is 32.3 Å². The quantitative estimate of drug-likeness (QED) is 0.640. The van der Waals surface area contributed by atoms with Gasteiger partial charge in [0.1, 0.15) is 4.88 Å². The predicted octanol–water partition coefficient (Wildman–Crippen LogP) is 5.02. The Kier molecular flexibility index (Phi) is 4.87. The van der Waals surface area contributed by atoms with Crippen molar-refractivity contribution in [2.45, 2.75) is 12.3 Å². The third kappa shape index (κ3) is 3.34. The fraction of sp³-hybridized carbons (Fsp3) is 0.348. The Bertz CT molecular complexity index is 1020. The minimum atomic E-state index is -0.0591. The number of fused-ring (bicyclic) bond motifs is 2. The van der Waals surface area contributed by atoms with Crippen molar-refractivity contribution in [1.82, 2.24) is 10.2 Å². The number of nitrogens with zero attached hydrogens (tertiary/aromatic N) is 1. The minimum Gasteiger partial charge on any atom is -0.350 e. The van der Waals surface area contributed by atoms with E-state index in [0.717, 1.165) is 31.5 Å². The summed E-state index contributed by atoms with van der Waals surface area (Å²) in [6, 6.07) is 17.3.